The summed E-state index contributed by atoms with van der Waals surface area (Å²) >= 11 is 5.76. The van der Waals surface area contributed by atoms with Crippen LogP contribution in [-0.2, 0) is 10.1 Å². The third kappa shape index (κ3) is 2.89. The molecule has 9 heteroatoms. The van der Waals surface area contributed by atoms with E-state index in [1.807, 2.05) is 0 Å². The maximum Gasteiger partial charge on any atom is 0.534 e. The van der Waals surface area contributed by atoms with Crippen LogP contribution in [0.25, 0.3) is 0 Å². The molecule has 0 radical (unpaired) electrons. The topological polar surface area (TPSA) is 43.4 Å². The maximum atomic E-state index is 12.0. The molecule has 0 spiro atoms. The molecule has 0 aliphatic rings. The summed E-state index contributed by atoms with van der Waals surface area (Å²) in [6.07, 6.45) is 0. The first-order chi connectivity index (χ1) is 7.15. The fourth-order valence-electron chi connectivity index (χ4n) is 0.719. The Morgan fingerprint density at radius 2 is 1.56 bits per heavy atom. The first kappa shape index (κ1) is 13.8. The van der Waals surface area contributed by atoms with Crippen molar-refractivity contribution >= 4 is 42.0 Å². The molecule has 0 amide bonds. The van der Waals surface area contributed by atoms with Gasteiger partial charge < -0.3 is 4.18 Å². The van der Waals surface area contributed by atoms with Crippen LogP contribution < -0.4 is 4.18 Å². The van der Waals surface area contributed by atoms with Crippen molar-refractivity contribution in [1.82, 2.24) is 0 Å². The second-order valence-electron chi connectivity index (χ2n) is 2.53. The Hall–Kier alpha value is -0.280. The molecular formula is C7H3Br2F3O3S. The summed E-state index contributed by atoms with van der Waals surface area (Å²) < 4.78 is 61.8. The van der Waals surface area contributed by atoms with Crippen molar-refractivity contribution in [2.75, 3.05) is 0 Å². The van der Waals surface area contributed by atoms with E-state index in [-0.39, 0.29) is 8.95 Å². The van der Waals surface area contributed by atoms with Gasteiger partial charge in [-0.05, 0) is 44.0 Å². The van der Waals surface area contributed by atoms with E-state index >= 15 is 0 Å². The molecule has 0 unspecified atom stereocenters. The Kier molecular flexibility index (Phi) is 3.91. The van der Waals surface area contributed by atoms with E-state index in [9.17, 15) is 21.6 Å². The van der Waals surface area contributed by atoms with Crippen LogP contribution in [0.3, 0.4) is 0 Å². The van der Waals surface area contributed by atoms with Crippen LogP contribution in [0.15, 0.2) is 27.1 Å². The Morgan fingerprint density at radius 1 is 1.12 bits per heavy atom. The van der Waals surface area contributed by atoms with E-state index in [1.54, 1.807) is 0 Å². The van der Waals surface area contributed by atoms with Gasteiger partial charge in [0.2, 0.25) is 0 Å². The Morgan fingerprint density at radius 3 is 1.94 bits per heavy atom. The van der Waals surface area contributed by atoms with Gasteiger partial charge in [-0.15, -0.1) is 0 Å². The van der Waals surface area contributed by atoms with Crippen molar-refractivity contribution in [1.29, 1.82) is 0 Å². The number of halogens is 5. The Labute approximate surface area is 106 Å². The zero-order valence-electron chi connectivity index (χ0n) is 7.25. The number of rotatable bonds is 2. The normalized spacial score (nSPS) is 12.6. The van der Waals surface area contributed by atoms with E-state index in [4.69, 9.17) is 0 Å². The Bertz CT molecular complexity index is 478. The molecule has 0 N–H and O–H groups in total. The van der Waals surface area contributed by atoms with Gasteiger partial charge in [-0.2, -0.15) is 21.6 Å². The summed E-state index contributed by atoms with van der Waals surface area (Å²) in [4.78, 5) is 0. The van der Waals surface area contributed by atoms with Gasteiger partial charge in [0.25, 0.3) is 0 Å². The quantitative estimate of drug-likeness (QED) is 0.580. The summed E-state index contributed by atoms with van der Waals surface area (Å²) in [5, 5.41) is 0. The first-order valence-corrected chi connectivity index (χ1v) is 6.59. The minimum absolute atomic E-state index is 0.0923. The Balaban J connectivity index is 3.17. The molecule has 0 aliphatic carbocycles. The lowest BCUT2D eigenvalue weighted by atomic mass is 10.3. The summed E-state index contributed by atoms with van der Waals surface area (Å²) in [7, 11) is -5.66. The summed E-state index contributed by atoms with van der Waals surface area (Å²) in [6.45, 7) is 0. The van der Waals surface area contributed by atoms with E-state index in [2.05, 4.69) is 36.0 Å². The first-order valence-electron chi connectivity index (χ1n) is 3.60. The maximum absolute atomic E-state index is 12.0. The highest BCUT2D eigenvalue weighted by atomic mass is 79.9. The van der Waals surface area contributed by atoms with Gasteiger partial charge in [-0.25, -0.2) is 0 Å². The average molecular weight is 384 g/mol. The minimum atomic E-state index is -5.66. The molecule has 3 nitrogen and oxygen atoms in total. The van der Waals surface area contributed by atoms with Crippen LogP contribution in [0.5, 0.6) is 5.75 Å². The molecule has 90 valence electrons. The fourth-order valence-corrected chi connectivity index (χ4v) is 2.59. The zero-order chi connectivity index (χ0) is 12.6. The van der Waals surface area contributed by atoms with Crippen LogP contribution >= 0.6 is 31.9 Å². The molecule has 1 aromatic carbocycles. The number of hydrogen-bond acceptors (Lipinski definition) is 3. The highest BCUT2D eigenvalue weighted by Gasteiger charge is 2.49. The number of para-hydroxylation sites is 1. The molecule has 0 saturated carbocycles. The van der Waals surface area contributed by atoms with E-state index in [0.717, 1.165) is 0 Å². The van der Waals surface area contributed by atoms with Gasteiger partial charge in [-0.3, -0.25) is 0 Å². The largest absolute Gasteiger partial charge is 0.534 e. The summed E-state index contributed by atoms with van der Waals surface area (Å²) in [5.74, 6) is -0.445. The monoisotopic (exact) mass is 382 g/mol. The SMILES string of the molecule is O=S(=O)(Oc1c(Br)cccc1Br)C(F)(F)F. The van der Waals surface area contributed by atoms with Crippen LogP contribution in [0, 0.1) is 0 Å². The van der Waals surface area contributed by atoms with Crippen molar-refractivity contribution in [2.24, 2.45) is 0 Å². The van der Waals surface area contributed by atoms with Crippen molar-refractivity contribution in [3.05, 3.63) is 27.1 Å². The lowest BCUT2D eigenvalue weighted by Crippen LogP contribution is -2.28. The molecule has 16 heavy (non-hydrogen) atoms. The average Bonchev–Trinajstić information content (AvgIpc) is 2.10. The minimum Gasteiger partial charge on any atom is -0.374 e. The van der Waals surface area contributed by atoms with Crippen molar-refractivity contribution < 1.29 is 25.8 Å². The van der Waals surface area contributed by atoms with Crippen LogP contribution in [0.4, 0.5) is 13.2 Å². The number of benzene rings is 1. The van der Waals surface area contributed by atoms with Crippen LogP contribution in [0.1, 0.15) is 0 Å². The third-order valence-corrected chi connectivity index (χ3v) is 3.60. The smallest absolute Gasteiger partial charge is 0.374 e. The van der Waals surface area contributed by atoms with Gasteiger partial charge in [-0.1, -0.05) is 6.07 Å². The molecule has 0 bridgehead atoms. The van der Waals surface area contributed by atoms with E-state index in [1.165, 1.54) is 18.2 Å². The standard InChI is InChI=1S/C7H3Br2F3O3S/c8-4-2-1-3-5(9)6(4)15-16(13,14)7(10,11)12/h1-3H. The van der Waals surface area contributed by atoms with Crippen LogP contribution in [-0.4, -0.2) is 13.9 Å². The van der Waals surface area contributed by atoms with Crippen LogP contribution in [0.2, 0.25) is 0 Å². The highest BCUT2D eigenvalue weighted by Crippen LogP contribution is 2.36. The molecule has 0 fully saturated rings. The van der Waals surface area contributed by atoms with Gasteiger partial charge in [0.15, 0.2) is 5.75 Å². The van der Waals surface area contributed by atoms with Crippen molar-refractivity contribution in [3.63, 3.8) is 0 Å². The molecule has 0 aliphatic heterocycles. The third-order valence-electron chi connectivity index (χ3n) is 1.40. The fraction of sp³-hybridized carbons (Fsp3) is 0.143. The van der Waals surface area contributed by atoms with E-state index in [0.29, 0.717) is 0 Å². The highest BCUT2D eigenvalue weighted by molar-refractivity contribution is 9.11. The number of hydrogen-bond donors (Lipinski definition) is 0. The number of alkyl halides is 3. The van der Waals surface area contributed by atoms with E-state index < -0.39 is 21.4 Å². The lowest BCUT2D eigenvalue weighted by Gasteiger charge is -2.11. The summed E-state index contributed by atoms with van der Waals surface area (Å²) in [6, 6.07) is 4.21. The predicted molar refractivity (Wildman–Crippen MR) is 57.4 cm³/mol. The van der Waals surface area contributed by atoms with Crippen molar-refractivity contribution in [3.8, 4) is 5.75 Å². The summed E-state index contributed by atoms with van der Waals surface area (Å²) in [5.41, 5.74) is -5.46. The zero-order valence-corrected chi connectivity index (χ0v) is 11.2. The van der Waals surface area contributed by atoms with Gasteiger partial charge in [0.05, 0.1) is 8.95 Å². The second kappa shape index (κ2) is 4.53. The second-order valence-corrected chi connectivity index (χ2v) is 5.78. The van der Waals surface area contributed by atoms with Gasteiger partial charge in [0, 0.05) is 0 Å². The molecule has 0 aromatic heterocycles. The van der Waals surface area contributed by atoms with Gasteiger partial charge in [0.1, 0.15) is 0 Å². The van der Waals surface area contributed by atoms with Gasteiger partial charge >= 0.3 is 15.6 Å². The molecule has 1 rings (SSSR count). The van der Waals surface area contributed by atoms with Crippen molar-refractivity contribution in [2.45, 2.75) is 5.51 Å². The molecule has 1 aromatic rings. The molecule has 0 atom stereocenters. The molecule has 0 saturated heterocycles. The molecule has 0 heterocycles. The predicted octanol–water partition coefficient (Wildman–Crippen LogP) is 3.44. The lowest BCUT2D eigenvalue weighted by molar-refractivity contribution is -0.0500. The molecular weight excluding hydrogens is 381 g/mol.